The summed E-state index contributed by atoms with van der Waals surface area (Å²) < 4.78 is 38.5. The Bertz CT molecular complexity index is 514. The van der Waals surface area contributed by atoms with E-state index in [0.29, 0.717) is 6.42 Å². The van der Waals surface area contributed by atoms with Crippen LogP contribution in [-0.4, -0.2) is 35.0 Å². The van der Waals surface area contributed by atoms with Gasteiger partial charge in [0.2, 0.25) is 5.91 Å². The fourth-order valence-corrected chi connectivity index (χ4v) is 1.95. The number of alkyl halides is 3. The third-order valence-electron chi connectivity index (χ3n) is 2.84. The Hall–Kier alpha value is -2.05. The monoisotopic (exact) mass is 303 g/mol. The van der Waals surface area contributed by atoms with Crippen LogP contribution in [0.25, 0.3) is 0 Å². The Kier molecular flexibility index (Phi) is 5.75. The first-order valence-electron chi connectivity index (χ1n) is 6.40. The second-order valence-corrected chi connectivity index (χ2v) is 4.54. The van der Waals surface area contributed by atoms with Crippen molar-refractivity contribution < 1.29 is 27.9 Å². The molecule has 0 atom stereocenters. The minimum Gasteiger partial charge on any atom is -0.480 e. The molecule has 0 aliphatic carbocycles. The van der Waals surface area contributed by atoms with Gasteiger partial charge < -0.3 is 10.0 Å². The van der Waals surface area contributed by atoms with Crippen LogP contribution in [0, 0.1) is 0 Å². The molecular weight excluding hydrogens is 287 g/mol. The molecule has 0 bridgehead atoms. The average molecular weight is 303 g/mol. The third kappa shape index (κ3) is 5.09. The van der Waals surface area contributed by atoms with Crippen LogP contribution >= 0.6 is 0 Å². The minimum absolute atomic E-state index is 0.151. The number of aliphatic carboxylic acids is 1. The number of rotatable bonds is 6. The van der Waals surface area contributed by atoms with Gasteiger partial charge in [0.1, 0.15) is 6.54 Å². The van der Waals surface area contributed by atoms with E-state index >= 15 is 0 Å². The molecule has 21 heavy (non-hydrogen) atoms. The van der Waals surface area contributed by atoms with Crippen LogP contribution in [0.2, 0.25) is 0 Å². The largest absolute Gasteiger partial charge is 0.480 e. The van der Waals surface area contributed by atoms with Crippen molar-refractivity contribution in [1.82, 2.24) is 4.90 Å². The molecule has 1 aromatic rings. The molecule has 0 aliphatic rings. The van der Waals surface area contributed by atoms with Gasteiger partial charge in [-0.05, 0) is 18.1 Å². The Morgan fingerprint density at radius 3 is 2.38 bits per heavy atom. The van der Waals surface area contributed by atoms with Gasteiger partial charge in [-0.2, -0.15) is 13.2 Å². The maximum Gasteiger partial charge on any atom is 0.416 e. The minimum atomic E-state index is -4.54. The van der Waals surface area contributed by atoms with Crippen molar-refractivity contribution in [1.29, 1.82) is 0 Å². The number of amides is 1. The van der Waals surface area contributed by atoms with E-state index in [2.05, 4.69) is 0 Å². The van der Waals surface area contributed by atoms with E-state index in [1.165, 1.54) is 18.2 Å². The van der Waals surface area contributed by atoms with Crippen LogP contribution in [-0.2, 0) is 22.2 Å². The van der Waals surface area contributed by atoms with Crippen LogP contribution in [0.5, 0.6) is 0 Å². The van der Waals surface area contributed by atoms with E-state index < -0.39 is 36.6 Å². The summed E-state index contributed by atoms with van der Waals surface area (Å²) in [5.74, 6) is -1.82. The molecule has 0 fully saturated rings. The van der Waals surface area contributed by atoms with E-state index in [0.717, 1.165) is 11.0 Å². The molecule has 0 saturated carbocycles. The van der Waals surface area contributed by atoms with E-state index in [-0.39, 0.29) is 12.1 Å². The highest BCUT2D eigenvalue weighted by molar-refractivity contribution is 5.83. The molecule has 1 N–H and O–H groups in total. The van der Waals surface area contributed by atoms with Gasteiger partial charge in [0.05, 0.1) is 12.0 Å². The van der Waals surface area contributed by atoms with Crippen LogP contribution in [0.1, 0.15) is 24.5 Å². The predicted molar refractivity (Wildman–Crippen MR) is 69.7 cm³/mol. The first-order chi connectivity index (χ1) is 9.75. The van der Waals surface area contributed by atoms with Gasteiger partial charge in [0.15, 0.2) is 0 Å². The summed E-state index contributed by atoms with van der Waals surface area (Å²) in [4.78, 5) is 23.8. The van der Waals surface area contributed by atoms with Gasteiger partial charge in [0, 0.05) is 6.54 Å². The number of carboxylic acid groups (broad SMARTS) is 1. The highest BCUT2D eigenvalue weighted by Gasteiger charge is 2.33. The quantitative estimate of drug-likeness (QED) is 0.878. The number of benzene rings is 1. The number of nitrogens with zero attached hydrogens (tertiary/aromatic N) is 1. The lowest BCUT2D eigenvalue weighted by Gasteiger charge is -2.21. The zero-order valence-corrected chi connectivity index (χ0v) is 11.5. The summed E-state index contributed by atoms with van der Waals surface area (Å²) >= 11 is 0. The Morgan fingerprint density at radius 1 is 1.24 bits per heavy atom. The molecule has 0 spiro atoms. The molecule has 0 aliphatic heterocycles. The molecule has 1 rings (SSSR count). The highest BCUT2D eigenvalue weighted by atomic mass is 19.4. The molecule has 0 heterocycles. The highest BCUT2D eigenvalue weighted by Crippen LogP contribution is 2.32. The molecule has 4 nitrogen and oxygen atoms in total. The van der Waals surface area contributed by atoms with E-state index in [4.69, 9.17) is 5.11 Å². The van der Waals surface area contributed by atoms with E-state index in [1.54, 1.807) is 6.92 Å². The number of hydrogen-bond acceptors (Lipinski definition) is 2. The van der Waals surface area contributed by atoms with Crippen molar-refractivity contribution in [3.8, 4) is 0 Å². The SMILES string of the molecule is CCCN(CC(=O)O)C(=O)Cc1ccccc1C(F)(F)F. The van der Waals surface area contributed by atoms with Crippen molar-refractivity contribution in [3.05, 3.63) is 35.4 Å². The molecule has 1 amide bonds. The molecule has 116 valence electrons. The van der Waals surface area contributed by atoms with Gasteiger partial charge in [-0.3, -0.25) is 9.59 Å². The van der Waals surface area contributed by atoms with E-state index in [1.807, 2.05) is 0 Å². The lowest BCUT2D eigenvalue weighted by atomic mass is 10.0. The second-order valence-electron chi connectivity index (χ2n) is 4.54. The number of hydrogen-bond donors (Lipinski definition) is 1. The zero-order chi connectivity index (χ0) is 16.0. The lowest BCUT2D eigenvalue weighted by Crippen LogP contribution is -2.37. The van der Waals surface area contributed by atoms with E-state index in [9.17, 15) is 22.8 Å². The summed E-state index contributed by atoms with van der Waals surface area (Å²) in [6, 6.07) is 4.80. The zero-order valence-electron chi connectivity index (χ0n) is 11.5. The molecule has 0 saturated heterocycles. The number of carbonyl (C=O) groups excluding carboxylic acids is 1. The van der Waals surface area contributed by atoms with Crippen LogP contribution in [0.15, 0.2) is 24.3 Å². The van der Waals surface area contributed by atoms with Gasteiger partial charge in [-0.25, -0.2) is 0 Å². The van der Waals surface area contributed by atoms with Gasteiger partial charge >= 0.3 is 12.1 Å². The van der Waals surface area contributed by atoms with Crippen molar-refractivity contribution in [3.63, 3.8) is 0 Å². The summed E-state index contributed by atoms with van der Waals surface area (Å²) in [6.07, 6.45) is -4.48. The average Bonchev–Trinajstić information content (AvgIpc) is 2.37. The molecule has 0 radical (unpaired) electrons. The first kappa shape index (κ1) is 17.0. The second kappa shape index (κ2) is 7.10. The van der Waals surface area contributed by atoms with Gasteiger partial charge in [0.25, 0.3) is 0 Å². The Morgan fingerprint density at radius 2 is 1.86 bits per heavy atom. The molecule has 0 unspecified atom stereocenters. The maximum absolute atomic E-state index is 12.8. The van der Waals surface area contributed by atoms with Crippen molar-refractivity contribution >= 4 is 11.9 Å². The molecule has 1 aromatic carbocycles. The Labute approximate surface area is 120 Å². The first-order valence-corrected chi connectivity index (χ1v) is 6.40. The summed E-state index contributed by atoms with van der Waals surface area (Å²) in [5, 5.41) is 8.74. The normalized spacial score (nSPS) is 11.2. The smallest absolute Gasteiger partial charge is 0.416 e. The number of carbonyl (C=O) groups is 2. The predicted octanol–water partition coefficient (Wildman–Crippen LogP) is 2.57. The topological polar surface area (TPSA) is 57.6 Å². The van der Waals surface area contributed by atoms with Crippen LogP contribution in [0.4, 0.5) is 13.2 Å². The van der Waals surface area contributed by atoms with Crippen molar-refractivity contribution in [2.24, 2.45) is 0 Å². The standard InChI is InChI=1S/C14H16F3NO3/c1-2-7-18(9-13(20)21)12(19)8-10-5-3-4-6-11(10)14(15,16)17/h3-6H,2,7-9H2,1H3,(H,20,21). The summed E-state index contributed by atoms with van der Waals surface area (Å²) in [5.41, 5.74) is -1.02. The number of carboxylic acids is 1. The van der Waals surface area contributed by atoms with Crippen LogP contribution in [0.3, 0.4) is 0 Å². The Balaban J connectivity index is 2.94. The third-order valence-corrected chi connectivity index (χ3v) is 2.84. The van der Waals surface area contributed by atoms with Crippen molar-refractivity contribution in [2.45, 2.75) is 25.9 Å². The fourth-order valence-electron chi connectivity index (χ4n) is 1.95. The molecule has 7 heteroatoms. The maximum atomic E-state index is 12.8. The molecular formula is C14H16F3NO3. The summed E-state index contributed by atoms with van der Waals surface area (Å²) in [6.45, 7) is 1.44. The van der Waals surface area contributed by atoms with Gasteiger partial charge in [-0.15, -0.1) is 0 Å². The number of halogens is 3. The van der Waals surface area contributed by atoms with Crippen LogP contribution < -0.4 is 0 Å². The van der Waals surface area contributed by atoms with Crippen molar-refractivity contribution in [2.75, 3.05) is 13.1 Å². The summed E-state index contributed by atoms with van der Waals surface area (Å²) in [7, 11) is 0. The fraction of sp³-hybridized carbons (Fsp3) is 0.429. The van der Waals surface area contributed by atoms with Gasteiger partial charge in [-0.1, -0.05) is 25.1 Å². The molecule has 0 aromatic heterocycles. The lowest BCUT2D eigenvalue weighted by molar-refractivity contribution is -0.145.